The Morgan fingerprint density at radius 3 is 2.50 bits per heavy atom. The molecule has 0 saturated carbocycles. The van der Waals surface area contributed by atoms with E-state index in [4.69, 9.17) is 38.4 Å². The summed E-state index contributed by atoms with van der Waals surface area (Å²) in [5.41, 5.74) is 5.22. The Labute approximate surface area is 136 Å². The van der Waals surface area contributed by atoms with Crippen LogP contribution in [0.25, 0.3) is 0 Å². The standard InChI is InChI=1S/C12H14Cl2FN3O4/c1-5(12(20)21-4-6(19)18(2)3)22-11-8(14)9(16)7(13)10(15)17-11/h5H,4H2,1-3H3,(H2,16,17)/t5-/m1/s1. The average Bonchev–Trinajstić information content (AvgIpc) is 2.47. The van der Waals surface area contributed by atoms with Gasteiger partial charge in [0.05, 0.1) is 5.69 Å². The zero-order chi connectivity index (χ0) is 17.0. The molecule has 0 bridgehead atoms. The largest absolute Gasteiger partial charge is 0.461 e. The van der Waals surface area contributed by atoms with E-state index in [0.29, 0.717) is 0 Å². The van der Waals surface area contributed by atoms with Crippen molar-refractivity contribution in [1.29, 1.82) is 0 Å². The molecule has 0 saturated heterocycles. The zero-order valence-corrected chi connectivity index (χ0v) is 13.5. The van der Waals surface area contributed by atoms with Crippen LogP contribution >= 0.6 is 23.2 Å². The van der Waals surface area contributed by atoms with Gasteiger partial charge in [0.2, 0.25) is 11.8 Å². The van der Waals surface area contributed by atoms with Crippen LogP contribution in [0, 0.1) is 5.95 Å². The van der Waals surface area contributed by atoms with Gasteiger partial charge in [0, 0.05) is 14.1 Å². The fourth-order valence-electron chi connectivity index (χ4n) is 1.18. The van der Waals surface area contributed by atoms with Gasteiger partial charge in [-0.2, -0.15) is 9.37 Å². The van der Waals surface area contributed by atoms with Gasteiger partial charge in [0.15, 0.2) is 12.7 Å². The number of aromatic nitrogens is 1. The first-order valence-corrected chi connectivity index (χ1v) is 6.74. The van der Waals surface area contributed by atoms with Crippen molar-refractivity contribution in [2.75, 3.05) is 26.4 Å². The van der Waals surface area contributed by atoms with Crippen molar-refractivity contribution in [3.8, 4) is 5.88 Å². The Bertz CT molecular complexity index is 598. The monoisotopic (exact) mass is 353 g/mol. The Morgan fingerprint density at radius 1 is 1.36 bits per heavy atom. The smallest absolute Gasteiger partial charge is 0.347 e. The Hall–Kier alpha value is -1.80. The van der Waals surface area contributed by atoms with Crippen molar-refractivity contribution >= 4 is 40.8 Å². The number of anilines is 1. The van der Waals surface area contributed by atoms with Gasteiger partial charge in [-0.05, 0) is 6.92 Å². The third kappa shape index (κ3) is 4.35. The summed E-state index contributed by atoms with van der Waals surface area (Å²) in [6.07, 6.45) is -1.18. The second kappa shape index (κ2) is 7.46. The SMILES string of the molecule is C[C@@H](Oc1nc(F)c(Cl)c(N)c1Cl)C(=O)OCC(=O)N(C)C. The van der Waals surface area contributed by atoms with E-state index in [1.165, 1.54) is 25.9 Å². The molecule has 0 aliphatic rings. The molecule has 22 heavy (non-hydrogen) atoms. The second-order valence-electron chi connectivity index (χ2n) is 4.41. The number of ether oxygens (including phenoxy) is 2. The molecule has 10 heteroatoms. The molecule has 2 N–H and O–H groups in total. The Morgan fingerprint density at radius 2 is 1.95 bits per heavy atom. The van der Waals surface area contributed by atoms with Crippen LogP contribution in [0.4, 0.5) is 10.1 Å². The molecule has 0 fully saturated rings. The van der Waals surface area contributed by atoms with E-state index >= 15 is 0 Å². The van der Waals surface area contributed by atoms with E-state index in [-0.39, 0.29) is 10.7 Å². The maximum absolute atomic E-state index is 13.4. The molecule has 1 heterocycles. The van der Waals surface area contributed by atoms with Crippen molar-refractivity contribution in [2.45, 2.75) is 13.0 Å². The normalized spacial score (nSPS) is 11.7. The molecule has 0 unspecified atom stereocenters. The number of nitrogen functional groups attached to an aromatic ring is 1. The molecular weight excluding hydrogens is 340 g/mol. The van der Waals surface area contributed by atoms with Gasteiger partial charge in [0.1, 0.15) is 10.0 Å². The third-order valence-corrected chi connectivity index (χ3v) is 3.22. The van der Waals surface area contributed by atoms with Crippen molar-refractivity contribution in [2.24, 2.45) is 0 Å². The lowest BCUT2D eigenvalue weighted by molar-refractivity contribution is -0.156. The first-order valence-electron chi connectivity index (χ1n) is 5.98. The minimum absolute atomic E-state index is 0.226. The average molecular weight is 354 g/mol. The van der Waals surface area contributed by atoms with Crippen molar-refractivity contribution in [3.05, 3.63) is 16.0 Å². The highest BCUT2D eigenvalue weighted by Gasteiger charge is 2.23. The number of amides is 1. The van der Waals surface area contributed by atoms with Gasteiger partial charge in [-0.3, -0.25) is 4.79 Å². The third-order valence-electron chi connectivity index (χ3n) is 2.50. The molecule has 0 aliphatic carbocycles. The van der Waals surface area contributed by atoms with E-state index in [1.54, 1.807) is 0 Å². The van der Waals surface area contributed by atoms with Crippen molar-refractivity contribution < 1.29 is 23.5 Å². The van der Waals surface area contributed by atoms with Crippen LogP contribution in [-0.4, -0.2) is 48.6 Å². The summed E-state index contributed by atoms with van der Waals surface area (Å²) in [7, 11) is 3.03. The number of hydrogen-bond donors (Lipinski definition) is 1. The highest BCUT2D eigenvalue weighted by Crippen LogP contribution is 2.35. The number of likely N-dealkylation sites (N-methyl/N-ethyl adjacent to an activating group) is 1. The summed E-state index contributed by atoms with van der Waals surface area (Å²) in [6, 6.07) is 0. The molecule has 1 atom stereocenters. The Balaban J connectivity index is 2.75. The van der Waals surface area contributed by atoms with Crippen LogP contribution in [-0.2, 0) is 14.3 Å². The molecule has 7 nitrogen and oxygen atoms in total. The summed E-state index contributed by atoms with van der Waals surface area (Å²) in [4.78, 5) is 27.6. The summed E-state index contributed by atoms with van der Waals surface area (Å²) >= 11 is 11.3. The molecular formula is C12H14Cl2FN3O4. The molecule has 1 rings (SSSR count). The molecule has 1 aromatic rings. The van der Waals surface area contributed by atoms with Gasteiger partial charge in [-0.25, -0.2) is 4.79 Å². The predicted octanol–water partition coefficient (Wildman–Crippen LogP) is 1.51. The first-order chi connectivity index (χ1) is 10.1. The number of pyridine rings is 1. The lowest BCUT2D eigenvalue weighted by Gasteiger charge is -2.16. The van der Waals surface area contributed by atoms with Crippen LogP contribution < -0.4 is 10.5 Å². The van der Waals surface area contributed by atoms with Crippen molar-refractivity contribution in [3.63, 3.8) is 0 Å². The lowest BCUT2D eigenvalue weighted by atomic mass is 10.4. The van der Waals surface area contributed by atoms with Crippen molar-refractivity contribution in [1.82, 2.24) is 9.88 Å². The predicted molar refractivity (Wildman–Crippen MR) is 78.4 cm³/mol. The van der Waals surface area contributed by atoms with E-state index in [2.05, 4.69) is 4.98 Å². The summed E-state index contributed by atoms with van der Waals surface area (Å²) < 4.78 is 23.2. The maximum Gasteiger partial charge on any atom is 0.347 e. The lowest BCUT2D eigenvalue weighted by Crippen LogP contribution is -2.32. The van der Waals surface area contributed by atoms with Gasteiger partial charge in [-0.1, -0.05) is 23.2 Å². The molecule has 122 valence electrons. The van der Waals surface area contributed by atoms with Gasteiger partial charge < -0.3 is 20.1 Å². The molecule has 0 aromatic carbocycles. The number of nitrogens with zero attached hydrogens (tertiary/aromatic N) is 2. The van der Waals surface area contributed by atoms with E-state index in [1.807, 2.05) is 0 Å². The molecule has 0 radical (unpaired) electrons. The summed E-state index contributed by atoms with van der Waals surface area (Å²) in [5, 5.41) is -0.667. The van der Waals surface area contributed by atoms with E-state index < -0.39 is 41.4 Å². The second-order valence-corrected chi connectivity index (χ2v) is 5.16. The fourth-order valence-corrected chi connectivity index (χ4v) is 1.55. The summed E-state index contributed by atoms with van der Waals surface area (Å²) in [5.74, 6) is -2.73. The number of carbonyl (C=O) groups is 2. The minimum Gasteiger partial charge on any atom is -0.461 e. The van der Waals surface area contributed by atoms with Gasteiger partial charge in [-0.15, -0.1) is 0 Å². The minimum atomic E-state index is -1.18. The van der Waals surface area contributed by atoms with Crippen LogP contribution in [0.2, 0.25) is 10.0 Å². The molecule has 0 spiro atoms. The number of nitrogens with two attached hydrogens (primary N) is 1. The molecule has 0 aliphatic heterocycles. The zero-order valence-electron chi connectivity index (χ0n) is 12.0. The van der Waals surface area contributed by atoms with E-state index in [9.17, 15) is 14.0 Å². The maximum atomic E-state index is 13.4. The number of halogens is 3. The summed E-state index contributed by atoms with van der Waals surface area (Å²) in [6.45, 7) is 0.876. The van der Waals surface area contributed by atoms with Crippen LogP contribution in [0.1, 0.15) is 6.92 Å². The van der Waals surface area contributed by atoms with Crippen LogP contribution in [0.15, 0.2) is 0 Å². The molecule has 1 amide bonds. The number of rotatable bonds is 5. The van der Waals surface area contributed by atoms with E-state index in [0.717, 1.165) is 0 Å². The van der Waals surface area contributed by atoms with Crippen LogP contribution in [0.3, 0.4) is 0 Å². The topological polar surface area (TPSA) is 94.8 Å². The number of hydrogen-bond acceptors (Lipinski definition) is 6. The van der Waals surface area contributed by atoms with Gasteiger partial charge >= 0.3 is 5.97 Å². The van der Waals surface area contributed by atoms with Crippen LogP contribution in [0.5, 0.6) is 5.88 Å². The highest BCUT2D eigenvalue weighted by molar-refractivity contribution is 6.39. The quantitative estimate of drug-likeness (QED) is 0.636. The Kier molecular flexibility index (Phi) is 6.19. The fraction of sp³-hybridized carbons (Fsp3) is 0.417. The van der Waals surface area contributed by atoms with Gasteiger partial charge in [0.25, 0.3) is 5.91 Å². The highest BCUT2D eigenvalue weighted by atomic mass is 35.5. The molecule has 1 aromatic heterocycles. The number of esters is 1. The number of carbonyl (C=O) groups excluding carboxylic acids is 2. The first kappa shape index (κ1) is 18.2.